The first-order chi connectivity index (χ1) is 8.31. The molecule has 0 aliphatic rings. The first-order valence-corrected chi connectivity index (χ1v) is 6.83. The van der Waals surface area contributed by atoms with Crippen molar-refractivity contribution in [3.8, 4) is 0 Å². The van der Waals surface area contributed by atoms with E-state index in [-0.39, 0.29) is 10.9 Å². The minimum Gasteiger partial charge on any atom is -0.478 e. The van der Waals surface area contributed by atoms with E-state index < -0.39 is 16.0 Å². The molecule has 2 N–H and O–H groups in total. The van der Waals surface area contributed by atoms with Crippen molar-refractivity contribution in [1.29, 1.82) is 0 Å². The topological polar surface area (TPSA) is 83.5 Å². The summed E-state index contributed by atoms with van der Waals surface area (Å²) in [4.78, 5) is 10.5. The second-order valence-electron chi connectivity index (χ2n) is 4.02. The van der Waals surface area contributed by atoms with Gasteiger partial charge in [-0.2, -0.15) is 0 Å². The zero-order valence-corrected chi connectivity index (χ0v) is 10.9. The first kappa shape index (κ1) is 14.4. The van der Waals surface area contributed by atoms with Gasteiger partial charge in [-0.3, -0.25) is 0 Å². The Balaban J connectivity index is 3.05. The van der Waals surface area contributed by atoms with Gasteiger partial charge in [-0.25, -0.2) is 17.9 Å². The Kier molecular flexibility index (Phi) is 4.63. The summed E-state index contributed by atoms with van der Waals surface area (Å²) in [7, 11) is -3.55. The van der Waals surface area contributed by atoms with Crippen LogP contribution in [0.15, 0.2) is 35.2 Å². The maximum atomic E-state index is 11.9. The minimum absolute atomic E-state index is 0.115. The molecule has 0 aliphatic heterocycles. The second kappa shape index (κ2) is 5.79. The summed E-state index contributed by atoms with van der Waals surface area (Å²) in [5.74, 6) is -1.08. The molecule has 98 valence electrons. The molecular weight excluding hydrogens is 254 g/mol. The Labute approximate surface area is 106 Å². The highest BCUT2D eigenvalue weighted by Crippen LogP contribution is 2.13. The fourth-order valence-electron chi connectivity index (χ4n) is 1.33. The molecule has 1 rings (SSSR count). The van der Waals surface area contributed by atoms with Gasteiger partial charge >= 0.3 is 5.97 Å². The third-order valence-corrected chi connectivity index (χ3v) is 3.63. The molecule has 0 amide bonds. The Morgan fingerprint density at radius 2 is 2.06 bits per heavy atom. The van der Waals surface area contributed by atoms with Crippen LogP contribution in [0.2, 0.25) is 0 Å². The quantitative estimate of drug-likeness (QED) is 0.793. The molecule has 0 fully saturated rings. The molecule has 5 nitrogen and oxygen atoms in total. The van der Waals surface area contributed by atoms with Crippen LogP contribution in [0.4, 0.5) is 0 Å². The minimum atomic E-state index is -3.55. The van der Waals surface area contributed by atoms with Gasteiger partial charge < -0.3 is 5.11 Å². The van der Waals surface area contributed by atoms with E-state index in [0.29, 0.717) is 5.56 Å². The SMILES string of the molecule is CC(C)NS(=O)(=O)c1cccc(/C=C/C(=O)O)c1. The first-order valence-electron chi connectivity index (χ1n) is 5.34. The Morgan fingerprint density at radius 3 is 2.61 bits per heavy atom. The molecule has 0 aliphatic carbocycles. The number of hydrogen-bond donors (Lipinski definition) is 2. The molecule has 0 unspecified atom stereocenters. The van der Waals surface area contributed by atoms with Crippen molar-refractivity contribution in [1.82, 2.24) is 4.72 Å². The maximum absolute atomic E-state index is 11.9. The largest absolute Gasteiger partial charge is 0.478 e. The summed E-state index contributed by atoms with van der Waals surface area (Å²) in [6.45, 7) is 3.46. The lowest BCUT2D eigenvalue weighted by atomic mass is 10.2. The van der Waals surface area contributed by atoms with Gasteiger partial charge in [-0.05, 0) is 37.6 Å². The number of nitrogens with one attached hydrogen (secondary N) is 1. The normalized spacial score (nSPS) is 12.2. The number of carboxylic acids is 1. The van der Waals surface area contributed by atoms with Crippen molar-refractivity contribution in [3.63, 3.8) is 0 Å². The molecule has 6 heteroatoms. The number of carbonyl (C=O) groups is 1. The monoisotopic (exact) mass is 269 g/mol. The van der Waals surface area contributed by atoms with Gasteiger partial charge in [-0.1, -0.05) is 12.1 Å². The standard InChI is InChI=1S/C12H15NO4S/c1-9(2)13-18(16,17)11-5-3-4-10(8-11)6-7-12(14)15/h3-9,13H,1-2H3,(H,14,15)/b7-6+. The fraction of sp³-hybridized carbons (Fsp3) is 0.250. The average Bonchev–Trinajstić information content (AvgIpc) is 2.25. The van der Waals surface area contributed by atoms with E-state index in [1.165, 1.54) is 18.2 Å². The van der Waals surface area contributed by atoms with Crippen LogP contribution in [0.3, 0.4) is 0 Å². The molecule has 0 heterocycles. The summed E-state index contributed by atoms with van der Waals surface area (Å²) in [6, 6.07) is 5.88. The summed E-state index contributed by atoms with van der Waals surface area (Å²) < 4.78 is 26.2. The highest BCUT2D eigenvalue weighted by Gasteiger charge is 2.14. The van der Waals surface area contributed by atoms with E-state index in [9.17, 15) is 13.2 Å². The Hall–Kier alpha value is -1.66. The van der Waals surface area contributed by atoms with Crippen LogP contribution >= 0.6 is 0 Å². The van der Waals surface area contributed by atoms with E-state index in [1.54, 1.807) is 26.0 Å². The molecule has 0 saturated carbocycles. The number of aliphatic carboxylic acids is 1. The van der Waals surface area contributed by atoms with Gasteiger partial charge in [0, 0.05) is 12.1 Å². The summed E-state index contributed by atoms with van der Waals surface area (Å²) in [5.41, 5.74) is 0.518. The van der Waals surface area contributed by atoms with Crippen molar-refractivity contribution in [2.24, 2.45) is 0 Å². The molecule has 0 atom stereocenters. The van der Waals surface area contributed by atoms with Crippen LogP contribution in [-0.2, 0) is 14.8 Å². The van der Waals surface area contributed by atoms with Crippen LogP contribution in [0.25, 0.3) is 6.08 Å². The van der Waals surface area contributed by atoms with Crippen LogP contribution in [0.1, 0.15) is 19.4 Å². The summed E-state index contributed by atoms with van der Waals surface area (Å²) >= 11 is 0. The predicted molar refractivity (Wildman–Crippen MR) is 68.6 cm³/mol. The van der Waals surface area contributed by atoms with Crippen molar-refractivity contribution >= 4 is 22.1 Å². The van der Waals surface area contributed by atoms with E-state index in [1.807, 2.05) is 0 Å². The lowest BCUT2D eigenvalue weighted by molar-refractivity contribution is -0.131. The van der Waals surface area contributed by atoms with E-state index in [0.717, 1.165) is 6.08 Å². The van der Waals surface area contributed by atoms with E-state index in [4.69, 9.17) is 5.11 Å². The Bertz CT molecular complexity index is 561. The number of sulfonamides is 1. The lowest BCUT2D eigenvalue weighted by Gasteiger charge is -2.09. The van der Waals surface area contributed by atoms with Gasteiger partial charge in [0.25, 0.3) is 0 Å². The van der Waals surface area contributed by atoms with Crippen LogP contribution in [0.5, 0.6) is 0 Å². The molecule has 0 aromatic heterocycles. The average molecular weight is 269 g/mol. The maximum Gasteiger partial charge on any atom is 0.328 e. The zero-order valence-electron chi connectivity index (χ0n) is 10.1. The highest BCUT2D eigenvalue weighted by molar-refractivity contribution is 7.89. The van der Waals surface area contributed by atoms with Crippen LogP contribution < -0.4 is 4.72 Å². The van der Waals surface area contributed by atoms with Gasteiger partial charge in [0.1, 0.15) is 0 Å². The smallest absolute Gasteiger partial charge is 0.328 e. The summed E-state index contributed by atoms with van der Waals surface area (Å²) in [5, 5.41) is 8.51. The Morgan fingerprint density at radius 1 is 1.39 bits per heavy atom. The number of carboxylic acid groups (broad SMARTS) is 1. The van der Waals surface area contributed by atoms with Crippen molar-refractivity contribution < 1.29 is 18.3 Å². The molecule has 0 saturated heterocycles. The third kappa shape index (κ3) is 4.31. The molecule has 1 aromatic rings. The highest BCUT2D eigenvalue weighted by atomic mass is 32.2. The van der Waals surface area contributed by atoms with Crippen LogP contribution in [-0.4, -0.2) is 25.5 Å². The van der Waals surface area contributed by atoms with Crippen molar-refractivity contribution in [2.75, 3.05) is 0 Å². The number of rotatable bonds is 5. The van der Waals surface area contributed by atoms with Crippen molar-refractivity contribution in [2.45, 2.75) is 24.8 Å². The van der Waals surface area contributed by atoms with Gasteiger partial charge in [0.05, 0.1) is 4.90 Å². The lowest BCUT2D eigenvalue weighted by Crippen LogP contribution is -2.30. The van der Waals surface area contributed by atoms with E-state index in [2.05, 4.69) is 4.72 Å². The molecule has 18 heavy (non-hydrogen) atoms. The fourth-order valence-corrected chi connectivity index (χ4v) is 2.64. The van der Waals surface area contributed by atoms with Crippen molar-refractivity contribution in [3.05, 3.63) is 35.9 Å². The summed E-state index contributed by atoms with van der Waals surface area (Å²) in [6.07, 6.45) is 2.30. The van der Waals surface area contributed by atoms with Gasteiger partial charge in [0.15, 0.2) is 0 Å². The van der Waals surface area contributed by atoms with Gasteiger partial charge in [-0.15, -0.1) is 0 Å². The molecule has 0 spiro atoms. The zero-order chi connectivity index (χ0) is 13.8. The molecule has 0 bridgehead atoms. The molecular formula is C12H15NO4S. The molecule has 1 aromatic carbocycles. The van der Waals surface area contributed by atoms with E-state index >= 15 is 0 Å². The third-order valence-electron chi connectivity index (χ3n) is 1.98. The molecule has 0 radical (unpaired) electrons. The van der Waals surface area contributed by atoms with Gasteiger partial charge in [0.2, 0.25) is 10.0 Å². The van der Waals surface area contributed by atoms with Crippen LogP contribution in [0, 0.1) is 0 Å². The predicted octanol–water partition coefficient (Wildman–Crippen LogP) is 1.47. The number of hydrogen-bond acceptors (Lipinski definition) is 3. The number of benzene rings is 1. The second-order valence-corrected chi connectivity index (χ2v) is 5.73.